The maximum absolute atomic E-state index is 12.7. The lowest BCUT2D eigenvalue weighted by atomic mass is 10.2. The van der Waals surface area contributed by atoms with Gasteiger partial charge in [-0.2, -0.15) is 0 Å². The number of aliphatic hydroxyl groups is 1. The molecule has 0 aliphatic carbocycles. The highest BCUT2D eigenvalue weighted by Gasteiger charge is 2.36. The number of carbonyl (C=O) groups excluding carboxylic acids is 1. The Morgan fingerprint density at radius 1 is 1.62 bits per heavy atom. The monoisotopic (exact) mass is 313 g/mol. The van der Waals surface area contributed by atoms with E-state index in [1.165, 1.54) is 11.3 Å². The molecule has 1 fully saturated rings. The fraction of sp³-hybridized carbons (Fsp3) is 0.692. The van der Waals surface area contributed by atoms with Crippen molar-refractivity contribution in [2.75, 3.05) is 44.8 Å². The fourth-order valence-electron chi connectivity index (χ4n) is 2.58. The van der Waals surface area contributed by atoms with Crippen molar-refractivity contribution >= 4 is 28.2 Å². The molecule has 118 valence electrons. The second kappa shape index (κ2) is 6.59. The van der Waals surface area contributed by atoms with Crippen LogP contribution in [0.1, 0.15) is 23.0 Å². The molecule has 8 heteroatoms. The third kappa shape index (κ3) is 3.63. The van der Waals surface area contributed by atoms with E-state index in [4.69, 9.17) is 5.73 Å². The Morgan fingerprint density at radius 2 is 2.33 bits per heavy atom. The Balaban J connectivity index is 2.17. The van der Waals surface area contributed by atoms with Crippen LogP contribution in [0.4, 0.5) is 10.9 Å². The third-order valence-electron chi connectivity index (χ3n) is 3.40. The van der Waals surface area contributed by atoms with E-state index in [9.17, 15) is 9.90 Å². The molecule has 0 spiro atoms. The van der Waals surface area contributed by atoms with Crippen LogP contribution in [-0.4, -0.2) is 71.7 Å². The average molecular weight is 313 g/mol. The number of likely N-dealkylation sites (tertiary alicyclic amines) is 1. The molecule has 1 aliphatic heterocycles. The first kappa shape index (κ1) is 16.0. The van der Waals surface area contributed by atoms with Crippen molar-refractivity contribution in [1.29, 1.82) is 0 Å². The first-order chi connectivity index (χ1) is 9.92. The number of hydrogen-bond acceptors (Lipinski definition) is 7. The van der Waals surface area contributed by atoms with E-state index in [0.717, 1.165) is 13.1 Å². The molecule has 2 atom stereocenters. The molecule has 4 N–H and O–H groups in total. The second-order valence-corrected chi connectivity index (χ2v) is 6.53. The fourth-order valence-corrected chi connectivity index (χ4v) is 3.49. The predicted molar refractivity (Wildman–Crippen MR) is 84.7 cm³/mol. The zero-order valence-corrected chi connectivity index (χ0v) is 13.5. The smallest absolute Gasteiger partial charge is 0.268 e. The number of likely N-dealkylation sites (N-methyl/N-ethyl adjacent to an activating group) is 1. The normalized spacial score (nSPS) is 22.0. The highest BCUT2D eigenvalue weighted by molar-refractivity contribution is 7.18. The summed E-state index contributed by atoms with van der Waals surface area (Å²) in [6.45, 7) is 3.77. The van der Waals surface area contributed by atoms with Crippen LogP contribution < -0.4 is 11.1 Å². The predicted octanol–water partition coefficient (Wildman–Crippen LogP) is 0.294. The van der Waals surface area contributed by atoms with E-state index in [2.05, 4.69) is 10.3 Å². The maximum atomic E-state index is 12.7. The van der Waals surface area contributed by atoms with Gasteiger partial charge < -0.3 is 26.0 Å². The van der Waals surface area contributed by atoms with E-state index < -0.39 is 6.10 Å². The summed E-state index contributed by atoms with van der Waals surface area (Å²) in [6.07, 6.45) is 0.129. The number of aromatic nitrogens is 1. The molecule has 1 aromatic heterocycles. The van der Waals surface area contributed by atoms with E-state index >= 15 is 0 Å². The number of carbonyl (C=O) groups is 1. The van der Waals surface area contributed by atoms with Crippen molar-refractivity contribution < 1.29 is 9.90 Å². The van der Waals surface area contributed by atoms with Gasteiger partial charge >= 0.3 is 0 Å². The molecule has 1 aliphatic rings. The first-order valence-electron chi connectivity index (χ1n) is 7.06. The number of nitrogen functional groups attached to an aromatic ring is 1. The standard InChI is InChI=1S/C13H23N5O2S/c1-4-15-13-16-11(14)10(21-13)12(20)18-7-9(19)5-8(18)6-17(2)3/h8-9,19H,4-7,14H2,1-3H3,(H,15,16). The van der Waals surface area contributed by atoms with Gasteiger partial charge in [0.1, 0.15) is 10.7 Å². The maximum Gasteiger partial charge on any atom is 0.268 e. The summed E-state index contributed by atoms with van der Waals surface area (Å²) in [7, 11) is 3.91. The molecule has 0 aromatic carbocycles. The molecule has 2 unspecified atom stereocenters. The van der Waals surface area contributed by atoms with Crippen molar-refractivity contribution in [3.05, 3.63) is 4.88 Å². The summed E-state index contributed by atoms with van der Waals surface area (Å²) in [6, 6.07) is 0.00610. The number of nitrogens with zero attached hydrogens (tertiary/aromatic N) is 3. The van der Waals surface area contributed by atoms with Gasteiger partial charge in [0, 0.05) is 25.7 Å². The Morgan fingerprint density at radius 3 is 2.95 bits per heavy atom. The molecule has 0 saturated carbocycles. The molecule has 2 rings (SSSR count). The highest BCUT2D eigenvalue weighted by Crippen LogP contribution is 2.29. The average Bonchev–Trinajstić information content (AvgIpc) is 2.92. The van der Waals surface area contributed by atoms with E-state index in [1.54, 1.807) is 4.90 Å². The van der Waals surface area contributed by atoms with Crippen LogP contribution in [0, 0.1) is 0 Å². The minimum atomic E-state index is -0.471. The molecular formula is C13H23N5O2S. The van der Waals surface area contributed by atoms with Crippen LogP contribution in [0.5, 0.6) is 0 Å². The lowest BCUT2D eigenvalue weighted by Crippen LogP contribution is -2.41. The summed E-state index contributed by atoms with van der Waals surface area (Å²) >= 11 is 1.27. The molecule has 2 heterocycles. The largest absolute Gasteiger partial charge is 0.391 e. The zero-order chi connectivity index (χ0) is 15.6. The summed E-state index contributed by atoms with van der Waals surface area (Å²) in [5.74, 6) is 0.114. The summed E-state index contributed by atoms with van der Waals surface area (Å²) in [5.41, 5.74) is 5.86. The van der Waals surface area contributed by atoms with Gasteiger partial charge in [-0.05, 0) is 27.4 Å². The Labute approximate surface area is 128 Å². The van der Waals surface area contributed by atoms with Gasteiger partial charge in [-0.15, -0.1) is 0 Å². The summed E-state index contributed by atoms with van der Waals surface area (Å²) < 4.78 is 0. The quantitative estimate of drug-likeness (QED) is 0.723. The lowest BCUT2D eigenvalue weighted by Gasteiger charge is -2.26. The molecule has 1 saturated heterocycles. The van der Waals surface area contributed by atoms with E-state index in [0.29, 0.717) is 23.0 Å². The van der Waals surface area contributed by atoms with E-state index in [1.807, 2.05) is 25.9 Å². The summed E-state index contributed by atoms with van der Waals surface area (Å²) in [4.78, 5) is 21.0. The number of amides is 1. The number of anilines is 2. The molecule has 1 amide bonds. The summed E-state index contributed by atoms with van der Waals surface area (Å²) in [5, 5.41) is 13.6. The number of hydrogen-bond donors (Lipinski definition) is 3. The zero-order valence-electron chi connectivity index (χ0n) is 12.7. The highest BCUT2D eigenvalue weighted by atomic mass is 32.1. The Hall–Kier alpha value is -1.38. The minimum absolute atomic E-state index is 0.00610. The van der Waals surface area contributed by atoms with Gasteiger partial charge in [0.15, 0.2) is 5.13 Å². The van der Waals surface area contributed by atoms with Crippen LogP contribution >= 0.6 is 11.3 Å². The Kier molecular flexibility index (Phi) is 5.02. The van der Waals surface area contributed by atoms with Gasteiger partial charge in [0.05, 0.1) is 6.10 Å². The third-order valence-corrected chi connectivity index (χ3v) is 4.42. The molecule has 7 nitrogen and oxygen atoms in total. The lowest BCUT2D eigenvalue weighted by molar-refractivity contribution is 0.0705. The van der Waals surface area contributed by atoms with Crippen LogP contribution in [0.2, 0.25) is 0 Å². The Bertz CT molecular complexity index is 505. The van der Waals surface area contributed by atoms with Gasteiger partial charge in [0.25, 0.3) is 5.91 Å². The second-order valence-electron chi connectivity index (χ2n) is 5.53. The van der Waals surface area contributed by atoms with Crippen molar-refractivity contribution in [1.82, 2.24) is 14.8 Å². The van der Waals surface area contributed by atoms with Crippen LogP contribution in [-0.2, 0) is 0 Å². The van der Waals surface area contributed by atoms with Gasteiger partial charge in [-0.25, -0.2) is 4.98 Å². The first-order valence-corrected chi connectivity index (χ1v) is 7.88. The SMILES string of the molecule is CCNc1nc(N)c(C(=O)N2CC(O)CC2CN(C)C)s1. The number of β-amino-alcohol motifs (C(OH)–C–C–N with tert-alkyl or cyclic N) is 1. The van der Waals surface area contributed by atoms with E-state index in [-0.39, 0.29) is 17.8 Å². The molecule has 0 bridgehead atoms. The number of nitrogens with one attached hydrogen (secondary N) is 1. The van der Waals surface area contributed by atoms with Crippen molar-refractivity contribution in [3.8, 4) is 0 Å². The number of rotatable bonds is 5. The molecule has 1 aromatic rings. The van der Waals surface area contributed by atoms with Gasteiger partial charge in [-0.1, -0.05) is 11.3 Å². The van der Waals surface area contributed by atoms with Crippen LogP contribution in [0.25, 0.3) is 0 Å². The molecule has 21 heavy (non-hydrogen) atoms. The molecular weight excluding hydrogens is 290 g/mol. The van der Waals surface area contributed by atoms with Crippen LogP contribution in [0.3, 0.4) is 0 Å². The molecule has 0 radical (unpaired) electrons. The number of thiazole rings is 1. The van der Waals surface area contributed by atoms with Crippen molar-refractivity contribution in [3.63, 3.8) is 0 Å². The van der Waals surface area contributed by atoms with Gasteiger partial charge in [0.2, 0.25) is 0 Å². The number of aliphatic hydroxyl groups excluding tert-OH is 1. The van der Waals surface area contributed by atoms with Crippen molar-refractivity contribution in [2.24, 2.45) is 0 Å². The number of nitrogens with two attached hydrogens (primary N) is 1. The van der Waals surface area contributed by atoms with Crippen LogP contribution in [0.15, 0.2) is 0 Å². The minimum Gasteiger partial charge on any atom is -0.391 e. The topological polar surface area (TPSA) is 94.7 Å². The van der Waals surface area contributed by atoms with Crippen molar-refractivity contribution in [2.45, 2.75) is 25.5 Å². The van der Waals surface area contributed by atoms with Gasteiger partial charge in [-0.3, -0.25) is 4.79 Å².